The van der Waals surface area contributed by atoms with Crippen molar-refractivity contribution in [2.24, 2.45) is 0 Å². The summed E-state index contributed by atoms with van der Waals surface area (Å²) >= 11 is 0. The van der Waals surface area contributed by atoms with Gasteiger partial charge in [0.1, 0.15) is 0 Å². The number of nitrogens with zero attached hydrogens (tertiary/aromatic N) is 2. The quantitative estimate of drug-likeness (QED) is 0.850. The van der Waals surface area contributed by atoms with Crippen molar-refractivity contribution in [3.63, 3.8) is 0 Å². The van der Waals surface area contributed by atoms with Crippen LogP contribution in [-0.2, 0) is 22.4 Å². The van der Waals surface area contributed by atoms with Crippen molar-refractivity contribution in [3.8, 4) is 0 Å². The molecule has 4 nitrogen and oxygen atoms in total. The largest absolute Gasteiger partial charge is 0.375 e. The Labute approximate surface area is 138 Å². The molecule has 1 heterocycles. The van der Waals surface area contributed by atoms with Crippen LogP contribution in [0, 0.1) is 0 Å². The van der Waals surface area contributed by atoms with Crippen LogP contribution in [0.3, 0.4) is 0 Å². The monoisotopic (exact) mass is 314 g/mol. The SMILES string of the molecule is C[C@@H]1CN(C(=O)CN(C2CC2)C2Cc3ccccc3C2)CCO1. The lowest BCUT2D eigenvalue weighted by Gasteiger charge is -2.35. The van der Waals surface area contributed by atoms with Gasteiger partial charge in [0.2, 0.25) is 5.91 Å². The molecule has 0 spiro atoms. The summed E-state index contributed by atoms with van der Waals surface area (Å²) in [4.78, 5) is 17.2. The summed E-state index contributed by atoms with van der Waals surface area (Å²) in [6, 6.07) is 9.86. The fraction of sp³-hybridized carbons (Fsp3) is 0.632. The highest BCUT2D eigenvalue weighted by atomic mass is 16.5. The molecule has 2 aliphatic carbocycles. The molecule has 1 saturated carbocycles. The number of morpholine rings is 1. The number of hydrogen-bond donors (Lipinski definition) is 0. The Morgan fingerprint density at radius 3 is 2.52 bits per heavy atom. The molecule has 1 aromatic carbocycles. The van der Waals surface area contributed by atoms with Crippen LogP contribution in [0.4, 0.5) is 0 Å². The molecule has 0 unspecified atom stereocenters. The normalized spacial score (nSPS) is 25.0. The predicted octanol–water partition coefficient (Wildman–Crippen LogP) is 1.87. The van der Waals surface area contributed by atoms with Gasteiger partial charge in [-0.1, -0.05) is 24.3 Å². The molecule has 2 fully saturated rings. The molecule has 4 rings (SSSR count). The van der Waals surface area contributed by atoms with Crippen LogP contribution in [0.15, 0.2) is 24.3 Å². The molecule has 1 atom stereocenters. The summed E-state index contributed by atoms with van der Waals surface area (Å²) in [7, 11) is 0. The summed E-state index contributed by atoms with van der Waals surface area (Å²) < 4.78 is 5.56. The summed E-state index contributed by atoms with van der Waals surface area (Å²) in [5.74, 6) is 0.281. The minimum absolute atomic E-state index is 0.165. The van der Waals surface area contributed by atoms with Crippen molar-refractivity contribution in [1.82, 2.24) is 9.80 Å². The Morgan fingerprint density at radius 2 is 1.91 bits per heavy atom. The van der Waals surface area contributed by atoms with Crippen molar-refractivity contribution in [3.05, 3.63) is 35.4 Å². The zero-order valence-corrected chi connectivity index (χ0v) is 13.9. The zero-order chi connectivity index (χ0) is 15.8. The molecule has 4 heteroatoms. The highest BCUT2D eigenvalue weighted by Crippen LogP contribution is 2.34. The zero-order valence-electron chi connectivity index (χ0n) is 13.9. The van der Waals surface area contributed by atoms with E-state index in [4.69, 9.17) is 4.74 Å². The number of rotatable bonds is 4. The molecule has 1 amide bonds. The van der Waals surface area contributed by atoms with E-state index < -0.39 is 0 Å². The Hall–Kier alpha value is -1.39. The van der Waals surface area contributed by atoms with Crippen molar-refractivity contribution in [2.75, 3.05) is 26.2 Å². The van der Waals surface area contributed by atoms with Gasteiger partial charge in [-0.2, -0.15) is 0 Å². The van der Waals surface area contributed by atoms with E-state index in [0.717, 1.165) is 25.9 Å². The minimum Gasteiger partial charge on any atom is -0.375 e. The van der Waals surface area contributed by atoms with Crippen molar-refractivity contribution in [2.45, 2.75) is 50.8 Å². The Bertz CT molecular complexity index is 559. The van der Waals surface area contributed by atoms with Gasteiger partial charge in [0.25, 0.3) is 0 Å². The summed E-state index contributed by atoms with van der Waals surface area (Å²) in [5.41, 5.74) is 2.94. The van der Waals surface area contributed by atoms with Crippen LogP contribution in [0.2, 0.25) is 0 Å². The lowest BCUT2D eigenvalue weighted by molar-refractivity contribution is -0.140. The molecule has 0 bridgehead atoms. The van der Waals surface area contributed by atoms with E-state index in [0.29, 0.717) is 25.2 Å². The fourth-order valence-electron chi connectivity index (χ4n) is 4.03. The van der Waals surface area contributed by atoms with Crippen molar-refractivity contribution >= 4 is 5.91 Å². The van der Waals surface area contributed by atoms with Crippen LogP contribution in [0.5, 0.6) is 0 Å². The fourth-order valence-corrected chi connectivity index (χ4v) is 4.03. The third-order valence-corrected chi connectivity index (χ3v) is 5.43. The van der Waals surface area contributed by atoms with Crippen LogP contribution < -0.4 is 0 Å². The van der Waals surface area contributed by atoms with E-state index in [2.05, 4.69) is 29.2 Å². The van der Waals surface area contributed by atoms with E-state index in [9.17, 15) is 4.79 Å². The standard InChI is InChI=1S/C19H26N2O2/c1-14-12-20(8-9-23-14)19(22)13-21(17-6-7-17)18-10-15-4-2-3-5-16(15)11-18/h2-5,14,17-18H,6-13H2,1H3/t14-/m1/s1. The van der Waals surface area contributed by atoms with Gasteiger partial charge in [0.15, 0.2) is 0 Å². The first-order valence-electron chi connectivity index (χ1n) is 8.92. The second-order valence-electron chi connectivity index (χ2n) is 7.26. The number of hydrogen-bond acceptors (Lipinski definition) is 3. The summed E-state index contributed by atoms with van der Waals surface area (Å²) in [5, 5.41) is 0. The highest BCUT2D eigenvalue weighted by Gasteiger charge is 2.38. The van der Waals surface area contributed by atoms with Gasteiger partial charge >= 0.3 is 0 Å². The van der Waals surface area contributed by atoms with Crippen LogP contribution in [0.1, 0.15) is 30.9 Å². The van der Waals surface area contributed by atoms with Gasteiger partial charge in [-0.25, -0.2) is 0 Å². The van der Waals surface area contributed by atoms with Crippen LogP contribution in [0.25, 0.3) is 0 Å². The first kappa shape index (κ1) is 15.2. The van der Waals surface area contributed by atoms with E-state index >= 15 is 0 Å². The third-order valence-electron chi connectivity index (χ3n) is 5.43. The lowest BCUT2D eigenvalue weighted by Crippen LogP contribution is -2.50. The van der Waals surface area contributed by atoms with E-state index in [1.54, 1.807) is 0 Å². The second-order valence-corrected chi connectivity index (χ2v) is 7.26. The van der Waals surface area contributed by atoms with E-state index in [1.807, 2.05) is 11.8 Å². The molecular weight excluding hydrogens is 288 g/mol. The van der Waals surface area contributed by atoms with Crippen LogP contribution >= 0.6 is 0 Å². The number of carbonyl (C=O) groups excluding carboxylic acids is 1. The number of benzene rings is 1. The summed E-state index contributed by atoms with van der Waals surface area (Å²) in [6.45, 7) is 4.78. The molecule has 1 aliphatic heterocycles. The van der Waals surface area contributed by atoms with E-state index in [-0.39, 0.29) is 12.0 Å². The second kappa shape index (κ2) is 6.25. The third kappa shape index (κ3) is 3.29. The maximum absolute atomic E-state index is 12.7. The van der Waals surface area contributed by atoms with Gasteiger partial charge in [-0.05, 0) is 43.7 Å². The van der Waals surface area contributed by atoms with Gasteiger partial charge < -0.3 is 9.64 Å². The minimum atomic E-state index is 0.165. The van der Waals surface area contributed by atoms with Gasteiger partial charge in [-0.3, -0.25) is 9.69 Å². The predicted molar refractivity (Wildman–Crippen MR) is 89.4 cm³/mol. The van der Waals surface area contributed by atoms with Gasteiger partial charge in [0.05, 0.1) is 19.3 Å². The topological polar surface area (TPSA) is 32.8 Å². The molecule has 0 N–H and O–H groups in total. The number of carbonyl (C=O) groups is 1. The van der Waals surface area contributed by atoms with Crippen molar-refractivity contribution < 1.29 is 9.53 Å². The van der Waals surface area contributed by atoms with Crippen LogP contribution in [-0.4, -0.2) is 60.1 Å². The molecule has 0 aromatic heterocycles. The van der Waals surface area contributed by atoms with Crippen molar-refractivity contribution in [1.29, 1.82) is 0 Å². The molecule has 124 valence electrons. The molecular formula is C19H26N2O2. The van der Waals surface area contributed by atoms with Gasteiger partial charge in [0, 0.05) is 25.2 Å². The first-order chi connectivity index (χ1) is 11.2. The Morgan fingerprint density at radius 1 is 1.22 bits per heavy atom. The maximum atomic E-state index is 12.7. The molecule has 3 aliphatic rings. The average molecular weight is 314 g/mol. The Balaban J connectivity index is 1.42. The number of ether oxygens (including phenoxy) is 1. The first-order valence-corrected chi connectivity index (χ1v) is 8.92. The number of amides is 1. The molecule has 1 aromatic rings. The lowest BCUT2D eigenvalue weighted by atomic mass is 10.1. The molecule has 23 heavy (non-hydrogen) atoms. The van der Waals surface area contributed by atoms with E-state index in [1.165, 1.54) is 24.0 Å². The summed E-state index contributed by atoms with van der Waals surface area (Å²) in [6.07, 6.45) is 4.86. The highest BCUT2D eigenvalue weighted by molar-refractivity contribution is 5.78. The maximum Gasteiger partial charge on any atom is 0.236 e. The van der Waals surface area contributed by atoms with Gasteiger partial charge in [-0.15, -0.1) is 0 Å². The average Bonchev–Trinajstić information content (AvgIpc) is 3.30. The Kier molecular flexibility index (Phi) is 4.12. The number of fused-ring (bicyclic) bond motifs is 1. The molecule has 0 radical (unpaired) electrons. The smallest absolute Gasteiger partial charge is 0.236 e. The molecule has 1 saturated heterocycles.